The molecule has 0 aromatic rings. The average Bonchev–Trinajstić information content (AvgIpc) is 2.03. The lowest BCUT2D eigenvalue weighted by Crippen LogP contribution is -2.26. The molecule has 0 aliphatic heterocycles. The summed E-state index contributed by atoms with van der Waals surface area (Å²) in [6.45, 7) is 0. The van der Waals surface area contributed by atoms with Crippen LogP contribution in [0.25, 0.3) is 0 Å². The van der Waals surface area contributed by atoms with Gasteiger partial charge in [-0.15, -0.1) is 0 Å². The zero-order valence-electron chi connectivity index (χ0n) is 6.46. The van der Waals surface area contributed by atoms with Crippen LogP contribution >= 0.6 is 0 Å². The Kier molecular flexibility index (Phi) is 2.27. The number of alkyl halides is 1. The first-order chi connectivity index (χ1) is 5.97. The number of hydrogen-bond donors (Lipinski definition) is 1. The number of halogens is 2. The zero-order chi connectivity index (χ0) is 10.1. The smallest absolute Gasteiger partial charge is 0.335 e. The van der Waals surface area contributed by atoms with Gasteiger partial charge < -0.3 is 5.11 Å². The quantitative estimate of drug-likeness (QED) is 0.661. The van der Waals surface area contributed by atoms with Crippen LogP contribution in [0.3, 0.4) is 0 Å². The van der Waals surface area contributed by atoms with Gasteiger partial charge in [0.05, 0.1) is 5.57 Å². The van der Waals surface area contributed by atoms with Gasteiger partial charge >= 0.3 is 5.97 Å². The highest BCUT2D eigenvalue weighted by molar-refractivity contribution is 5.92. The van der Waals surface area contributed by atoms with Gasteiger partial charge in [0.25, 0.3) is 0 Å². The van der Waals surface area contributed by atoms with E-state index in [9.17, 15) is 18.4 Å². The molecular formula is C8H6F2O3. The Morgan fingerprint density at radius 1 is 1.69 bits per heavy atom. The van der Waals surface area contributed by atoms with E-state index < -0.39 is 29.5 Å². The van der Waals surface area contributed by atoms with Crippen molar-refractivity contribution in [3.05, 3.63) is 23.6 Å². The molecule has 0 heterocycles. The Morgan fingerprint density at radius 3 is 2.77 bits per heavy atom. The van der Waals surface area contributed by atoms with Crippen molar-refractivity contribution in [3.63, 3.8) is 0 Å². The fourth-order valence-electron chi connectivity index (χ4n) is 1.03. The third-order valence-electron chi connectivity index (χ3n) is 1.59. The zero-order valence-corrected chi connectivity index (χ0v) is 6.46. The highest BCUT2D eigenvalue weighted by Gasteiger charge is 2.33. The van der Waals surface area contributed by atoms with Crippen molar-refractivity contribution in [2.24, 2.45) is 0 Å². The van der Waals surface area contributed by atoms with Gasteiger partial charge in [-0.3, -0.25) is 4.79 Å². The molecule has 3 nitrogen and oxygen atoms in total. The van der Waals surface area contributed by atoms with E-state index in [-0.39, 0.29) is 6.29 Å². The molecule has 5 heteroatoms. The molecule has 1 atom stereocenters. The van der Waals surface area contributed by atoms with E-state index in [0.29, 0.717) is 12.2 Å². The summed E-state index contributed by atoms with van der Waals surface area (Å²) in [7, 11) is 0. The van der Waals surface area contributed by atoms with E-state index in [1.54, 1.807) is 0 Å². The van der Waals surface area contributed by atoms with Gasteiger partial charge in [-0.25, -0.2) is 13.6 Å². The minimum atomic E-state index is -2.52. The highest BCUT2D eigenvalue weighted by Crippen LogP contribution is 2.29. The molecular weight excluding hydrogens is 182 g/mol. The summed E-state index contributed by atoms with van der Waals surface area (Å²) < 4.78 is 25.8. The van der Waals surface area contributed by atoms with Gasteiger partial charge in [0.15, 0.2) is 12.0 Å². The monoisotopic (exact) mass is 188 g/mol. The number of rotatable bonds is 2. The van der Waals surface area contributed by atoms with E-state index in [1.165, 1.54) is 0 Å². The van der Waals surface area contributed by atoms with Gasteiger partial charge in [-0.2, -0.15) is 0 Å². The van der Waals surface area contributed by atoms with Crippen LogP contribution in [0.2, 0.25) is 0 Å². The Labute approximate surface area is 72.4 Å². The van der Waals surface area contributed by atoms with E-state index in [0.717, 1.165) is 0 Å². The number of aldehydes is 1. The first kappa shape index (κ1) is 9.57. The molecule has 0 aromatic carbocycles. The summed E-state index contributed by atoms with van der Waals surface area (Å²) >= 11 is 0. The Bertz CT molecular complexity index is 319. The normalized spacial score (nSPS) is 27.5. The molecule has 0 saturated heterocycles. The number of carbonyl (C=O) groups excluding carboxylic acids is 1. The Balaban J connectivity index is 3.08. The maximum Gasteiger partial charge on any atom is 0.335 e. The molecule has 1 unspecified atom stereocenters. The van der Waals surface area contributed by atoms with Gasteiger partial charge in [-0.05, 0) is 12.2 Å². The number of carboxylic acid groups (broad SMARTS) is 1. The van der Waals surface area contributed by atoms with Crippen molar-refractivity contribution in [2.75, 3.05) is 0 Å². The minimum Gasteiger partial charge on any atom is -0.478 e. The molecule has 0 amide bonds. The number of allylic oxidation sites excluding steroid dienone is 2. The number of aliphatic carboxylic acids is 1. The first-order valence-corrected chi connectivity index (χ1v) is 3.44. The second-order valence-electron chi connectivity index (χ2n) is 2.72. The van der Waals surface area contributed by atoms with Gasteiger partial charge in [0, 0.05) is 6.42 Å². The van der Waals surface area contributed by atoms with Crippen LogP contribution in [0.1, 0.15) is 6.42 Å². The van der Waals surface area contributed by atoms with Crippen molar-refractivity contribution >= 4 is 12.3 Å². The van der Waals surface area contributed by atoms with Crippen molar-refractivity contribution in [1.29, 1.82) is 0 Å². The standard InChI is InChI=1S/C8H6F2O3/c9-6-1-5(7(12)13)2-8(10,3-6)4-11/h1-2,4H,3H2,(H,12,13). The van der Waals surface area contributed by atoms with E-state index in [2.05, 4.69) is 0 Å². The largest absolute Gasteiger partial charge is 0.478 e. The number of carboxylic acids is 1. The van der Waals surface area contributed by atoms with Crippen LogP contribution in [-0.4, -0.2) is 23.0 Å². The van der Waals surface area contributed by atoms with Crippen molar-refractivity contribution in [2.45, 2.75) is 12.1 Å². The SMILES string of the molecule is O=CC1(F)C=C(C(=O)O)C=C(F)C1. The van der Waals surface area contributed by atoms with Crippen LogP contribution < -0.4 is 0 Å². The molecule has 1 rings (SSSR count). The predicted molar refractivity (Wildman–Crippen MR) is 39.4 cm³/mol. The molecule has 13 heavy (non-hydrogen) atoms. The van der Waals surface area contributed by atoms with Crippen LogP contribution in [0.5, 0.6) is 0 Å². The van der Waals surface area contributed by atoms with Gasteiger partial charge in [0.2, 0.25) is 0 Å². The lowest BCUT2D eigenvalue weighted by Gasteiger charge is -2.17. The average molecular weight is 188 g/mol. The van der Waals surface area contributed by atoms with E-state index in [4.69, 9.17) is 5.11 Å². The lowest BCUT2D eigenvalue weighted by molar-refractivity contribution is -0.132. The molecule has 0 fully saturated rings. The minimum absolute atomic E-state index is 0.109. The van der Waals surface area contributed by atoms with Crippen LogP contribution in [0, 0.1) is 0 Å². The van der Waals surface area contributed by atoms with Crippen molar-refractivity contribution in [1.82, 2.24) is 0 Å². The maximum absolute atomic E-state index is 13.2. The summed E-state index contributed by atoms with van der Waals surface area (Å²) in [5.74, 6) is -2.41. The van der Waals surface area contributed by atoms with Crippen LogP contribution in [-0.2, 0) is 9.59 Å². The third kappa shape index (κ3) is 1.99. The molecule has 1 N–H and O–H groups in total. The fourth-order valence-corrected chi connectivity index (χ4v) is 1.03. The predicted octanol–water partition coefficient (Wildman–Crippen LogP) is 1.16. The molecule has 1 aliphatic carbocycles. The summed E-state index contributed by atoms with van der Waals surface area (Å²) in [6, 6.07) is 0. The summed E-state index contributed by atoms with van der Waals surface area (Å²) in [4.78, 5) is 20.5. The van der Waals surface area contributed by atoms with Gasteiger partial charge in [0.1, 0.15) is 5.83 Å². The Morgan fingerprint density at radius 2 is 2.31 bits per heavy atom. The maximum atomic E-state index is 13.2. The topological polar surface area (TPSA) is 54.4 Å². The van der Waals surface area contributed by atoms with Crippen LogP contribution in [0.15, 0.2) is 23.6 Å². The number of carbonyl (C=O) groups is 2. The van der Waals surface area contributed by atoms with Crippen LogP contribution in [0.4, 0.5) is 8.78 Å². The second kappa shape index (κ2) is 3.08. The molecule has 0 spiro atoms. The van der Waals surface area contributed by atoms with Gasteiger partial charge in [-0.1, -0.05) is 0 Å². The molecule has 1 aliphatic rings. The van der Waals surface area contributed by atoms with Crippen molar-refractivity contribution < 1.29 is 23.5 Å². The third-order valence-corrected chi connectivity index (χ3v) is 1.59. The Hall–Kier alpha value is -1.52. The molecule has 70 valence electrons. The second-order valence-corrected chi connectivity index (χ2v) is 2.72. The molecule has 0 radical (unpaired) electrons. The van der Waals surface area contributed by atoms with Crippen molar-refractivity contribution in [3.8, 4) is 0 Å². The summed E-state index contributed by atoms with van der Waals surface area (Å²) in [5, 5.41) is 8.42. The highest BCUT2D eigenvalue weighted by atomic mass is 19.1. The first-order valence-electron chi connectivity index (χ1n) is 3.44. The molecule has 0 bridgehead atoms. The summed E-state index contributed by atoms with van der Waals surface area (Å²) in [6.07, 6.45) is 0.463. The summed E-state index contributed by atoms with van der Waals surface area (Å²) in [5.41, 5.74) is -3.06. The van der Waals surface area contributed by atoms with E-state index >= 15 is 0 Å². The molecule has 0 aromatic heterocycles. The molecule has 0 saturated carbocycles. The van der Waals surface area contributed by atoms with E-state index in [1.807, 2.05) is 0 Å². The lowest BCUT2D eigenvalue weighted by atomic mass is 9.94. The fraction of sp³-hybridized carbons (Fsp3) is 0.250. The number of hydrogen-bond acceptors (Lipinski definition) is 2.